The van der Waals surface area contributed by atoms with E-state index in [-0.39, 0.29) is 0 Å². The lowest BCUT2D eigenvalue weighted by Crippen LogP contribution is -2.44. The summed E-state index contributed by atoms with van der Waals surface area (Å²) in [6.45, 7) is 5.99. The van der Waals surface area contributed by atoms with Gasteiger partial charge >= 0.3 is 0 Å². The molecule has 0 amide bonds. The maximum atomic E-state index is 9.73. The Bertz CT molecular complexity index is 1300. The van der Waals surface area contributed by atoms with Crippen LogP contribution < -0.4 is 9.47 Å². The molecule has 0 spiro atoms. The fraction of sp³-hybridized carbons (Fsp3) is 0.308. The summed E-state index contributed by atoms with van der Waals surface area (Å²) < 4.78 is 12.2. The molecular formula is C26H27N5O2. The minimum atomic E-state index is 0.487. The number of hydrogen-bond acceptors (Lipinski definition) is 6. The first-order chi connectivity index (χ1) is 16.2. The summed E-state index contributed by atoms with van der Waals surface area (Å²) in [6, 6.07) is 15.6. The molecule has 0 unspecified atom stereocenters. The monoisotopic (exact) mass is 441 g/mol. The Morgan fingerprint density at radius 2 is 1.94 bits per heavy atom. The average molecular weight is 442 g/mol. The van der Waals surface area contributed by atoms with Crippen LogP contribution in [0.5, 0.6) is 17.2 Å². The zero-order valence-corrected chi connectivity index (χ0v) is 18.8. The Hall–Kier alpha value is -3.60. The Labute approximate surface area is 193 Å². The number of nitrogens with zero attached hydrogens (tertiary/aromatic N) is 4. The van der Waals surface area contributed by atoms with Crippen molar-refractivity contribution in [1.29, 1.82) is 5.26 Å². The van der Waals surface area contributed by atoms with Gasteiger partial charge in [0, 0.05) is 67.5 Å². The molecule has 1 saturated heterocycles. The number of hydrogen-bond donors (Lipinski definition) is 1. The lowest BCUT2D eigenvalue weighted by atomic mass is 10.1. The van der Waals surface area contributed by atoms with E-state index in [1.165, 1.54) is 0 Å². The summed E-state index contributed by atoms with van der Waals surface area (Å²) >= 11 is 0. The van der Waals surface area contributed by atoms with E-state index in [2.05, 4.69) is 32.9 Å². The standard InChI is InChI=1S/C26H27N5O2/c1-30-10-12-31(13-11-30)9-2-14-32-26-17-24-22(16-20(26)18-27)25(6-8-29-24)33-21-3-4-23-19(15-21)5-7-28-23/h3-8,15-17,28H,2,9-14H2,1H3. The number of aromatic amines is 1. The van der Waals surface area contributed by atoms with Crippen molar-refractivity contribution in [1.82, 2.24) is 19.8 Å². The number of benzene rings is 2. The van der Waals surface area contributed by atoms with E-state index in [1.54, 1.807) is 6.20 Å². The molecule has 5 rings (SSSR count). The van der Waals surface area contributed by atoms with Gasteiger partial charge in [-0.3, -0.25) is 4.98 Å². The normalized spacial score (nSPS) is 15.0. The molecule has 2 aromatic heterocycles. The van der Waals surface area contributed by atoms with E-state index in [9.17, 15) is 5.26 Å². The molecule has 0 atom stereocenters. The number of nitriles is 1. The number of H-pyrrole nitrogens is 1. The minimum Gasteiger partial charge on any atom is -0.492 e. The molecule has 0 bridgehead atoms. The van der Waals surface area contributed by atoms with Crippen LogP contribution in [0.3, 0.4) is 0 Å². The van der Waals surface area contributed by atoms with Crippen molar-refractivity contribution in [3.05, 3.63) is 60.4 Å². The second-order valence-electron chi connectivity index (χ2n) is 8.46. The van der Waals surface area contributed by atoms with Gasteiger partial charge in [-0.25, -0.2) is 0 Å². The molecule has 2 aromatic carbocycles. The first kappa shape index (κ1) is 21.3. The smallest absolute Gasteiger partial charge is 0.139 e. The summed E-state index contributed by atoms with van der Waals surface area (Å²) in [6.07, 6.45) is 4.54. The number of aromatic nitrogens is 2. The molecule has 1 N–H and O–H groups in total. The highest BCUT2D eigenvalue weighted by atomic mass is 16.5. The molecule has 3 heterocycles. The summed E-state index contributed by atoms with van der Waals surface area (Å²) in [5, 5.41) is 11.6. The third kappa shape index (κ3) is 4.77. The number of piperazine rings is 1. The number of rotatable bonds is 7. The quantitative estimate of drug-likeness (QED) is 0.429. The van der Waals surface area contributed by atoms with Crippen molar-refractivity contribution in [2.24, 2.45) is 0 Å². The first-order valence-corrected chi connectivity index (χ1v) is 11.3. The number of likely N-dealkylation sites (N-methyl/N-ethyl adjacent to an activating group) is 1. The van der Waals surface area contributed by atoms with Crippen LogP contribution in [0.25, 0.3) is 21.8 Å². The molecule has 0 aliphatic carbocycles. The second-order valence-corrected chi connectivity index (χ2v) is 8.46. The van der Waals surface area contributed by atoms with Crippen molar-refractivity contribution >= 4 is 21.8 Å². The summed E-state index contributed by atoms with van der Waals surface area (Å²) in [7, 11) is 2.16. The van der Waals surface area contributed by atoms with Gasteiger partial charge in [-0.2, -0.15) is 5.26 Å². The Morgan fingerprint density at radius 1 is 1.06 bits per heavy atom. The fourth-order valence-corrected chi connectivity index (χ4v) is 4.21. The van der Waals surface area contributed by atoms with E-state index in [4.69, 9.17) is 9.47 Å². The van der Waals surface area contributed by atoms with E-state index in [0.717, 1.165) is 66.7 Å². The van der Waals surface area contributed by atoms with Gasteiger partial charge in [-0.1, -0.05) is 0 Å². The molecule has 0 radical (unpaired) electrons. The van der Waals surface area contributed by atoms with Crippen molar-refractivity contribution in [2.75, 3.05) is 46.4 Å². The van der Waals surface area contributed by atoms with Gasteiger partial charge in [-0.15, -0.1) is 0 Å². The largest absolute Gasteiger partial charge is 0.492 e. The third-order valence-corrected chi connectivity index (χ3v) is 6.15. The van der Waals surface area contributed by atoms with E-state index >= 15 is 0 Å². The zero-order valence-electron chi connectivity index (χ0n) is 18.8. The van der Waals surface area contributed by atoms with Crippen molar-refractivity contribution in [2.45, 2.75) is 6.42 Å². The highest BCUT2D eigenvalue weighted by molar-refractivity contribution is 5.88. The van der Waals surface area contributed by atoms with Crippen LogP contribution in [0.4, 0.5) is 0 Å². The van der Waals surface area contributed by atoms with Crippen molar-refractivity contribution in [3.8, 4) is 23.3 Å². The summed E-state index contributed by atoms with van der Waals surface area (Å²) in [4.78, 5) is 12.5. The lowest BCUT2D eigenvalue weighted by Gasteiger charge is -2.32. The number of nitrogens with one attached hydrogen (secondary N) is 1. The molecule has 4 aromatic rings. The highest BCUT2D eigenvalue weighted by Gasteiger charge is 2.14. The SMILES string of the molecule is CN1CCN(CCCOc2cc3nccc(Oc4ccc5[nH]ccc5c4)c3cc2C#N)CC1. The molecular weight excluding hydrogens is 414 g/mol. The number of fused-ring (bicyclic) bond motifs is 2. The molecule has 7 heteroatoms. The van der Waals surface area contributed by atoms with Gasteiger partial charge in [0.15, 0.2) is 0 Å². The van der Waals surface area contributed by atoms with Gasteiger partial charge in [-0.05, 0) is 49.9 Å². The van der Waals surface area contributed by atoms with Crippen LogP contribution in [0, 0.1) is 11.3 Å². The van der Waals surface area contributed by atoms with Crippen molar-refractivity contribution in [3.63, 3.8) is 0 Å². The van der Waals surface area contributed by atoms with E-state index in [0.29, 0.717) is 23.7 Å². The van der Waals surface area contributed by atoms with Crippen LogP contribution >= 0.6 is 0 Å². The van der Waals surface area contributed by atoms with Gasteiger partial charge in [0.05, 0.1) is 17.7 Å². The predicted octanol–water partition coefficient (Wildman–Crippen LogP) is 4.40. The predicted molar refractivity (Wildman–Crippen MR) is 129 cm³/mol. The van der Waals surface area contributed by atoms with E-state index in [1.807, 2.05) is 48.7 Å². The van der Waals surface area contributed by atoms with Gasteiger partial charge in [0.25, 0.3) is 0 Å². The molecule has 168 valence electrons. The van der Waals surface area contributed by atoms with E-state index < -0.39 is 0 Å². The molecule has 7 nitrogen and oxygen atoms in total. The molecule has 1 aliphatic rings. The van der Waals surface area contributed by atoms with Gasteiger partial charge in [0.2, 0.25) is 0 Å². The highest BCUT2D eigenvalue weighted by Crippen LogP contribution is 2.34. The number of ether oxygens (including phenoxy) is 2. The summed E-state index contributed by atoms with van der Waals surface area (Å²) in [5.41, 5.74) is 2.28. The zero-order chi connectivity index (χ0) is 22.6. The van der Waals surface area contributed by atoms with Crippen LogP contribution in [0.15, 0.2) is 54.9 Å². The van der Waals surface area contributed by atoms with Crippen molar-refractivity contribution < 1.29 is 9.47 Å². The molecule has 1 aliphatic heterocycles. The topological polar surface area (TPSA) is 77.4 Å². The second kappa shape index (κ2) is 9.49. The maximum absolute atomic E-state index is 9.73. The minimum absolute atomic E-state index is 0.487. The van der Waals surface area contributed by atoms with Crippen LogP contribution in [-0.2, 0) is 0 Å². The maximum Gasteiger partial charge on any atom is 0.139 e. The number of pyridine rings is 1. The van der Waals surface area contributed by atoms with Crippen LogP contribution in [0.2, 0.25) is 0 Å². The van der Waals surface area contributed by atoms with Gasteiger partial charge < -0.3 is 24.3 Å². The molecule has 0 saturated carbocycles. The average Bonchev–Trinajstić information content (AvgIpc) is 3.30. The third-order valence-electron chi connectivity index (χ3n) is 6.15. The van der Waals surface area contributed by atoms with Crippen LogP contribution in [-0.4, -0.2) is 66.1 Å². The first-order valence-electron chi connectivity index (χ1n) is 11.3. The Balaban J connectivity index is 1.30. The molecule has 1 fully saturated rings. The van der Waals surface area contributed by atoms with Gasteiger partial charge in [0.1, 0.15) is 23.3 Å². The van der Waals surface area contributed by atoms with Crippen LogP contribution in [0.1, 0.15) is 12.0 Å². The Kier molecular flexibility index (Phi) is 6.11. The Morgan fingerprint density at radius 3 is 2.79 bits per heavy atom. The molecule has 33 heavy (non-hydrogen) atoms. The lowest BCUT2D eigenvalue weighted by molar-refractivity contribution is 0.145. The fourth-order valence-electron chi connectivity index (χ4n) is 4.21. The summed E-state index contributed by atoms with van der Waals surface area (Å²) in [5.74, 6) is 1.96.